The van der Waals surface area contributed by atoms with E-state index in [2.05, 4.69) is 5.32 Å². The smallest absolute Gasteiger partial charge is 0.243 e. The molecule has 0 heterocycles. The van der Waals surface area contributed by atoms with Gasteiger partial charge in [-0.05, 0) is 54.7 Å². The first kappa shape index (κ1) is 24.6. The van der Waals surface area contributed by atoms with Crippen molar-refractivity contribution in [1.82, 2.24) is 10.2 Å². The van der Waals surface area contributed by atoms with Gasteiger partial charge in [-0.2, -0.15) is 0 Å². The molecule has 178 valence electrons. The molecule has 2 aromatic rings. The van der Waals surface area contributed by atoms with Gasteiger partial charge in [-0.3, -0.25) is 9.59 Å². The van der Waals surface area contributed by atoms with E-state index < -0.39 is 6.04 Å². The van der Waals surface area contributed by atoms with Crippen LogP contribution in [0.4, 0.5) is 0 Å². The zero-order valence-electron chi connectivity index (χ0n) is 20.0. The van der Waals surface area contributed by atoms with E-state index >= 15 is 0 Å². The van der Waals surface area contributed by atoms with E-state index in [1.165, 1.54) is 6.42 Å². The van der Waals surface area contributed by atoms with Crippen LogP contribution in [0.25, 0.3) is 0 Å². The second kappa shape index (κ2) is 12.3. The Kier molecular flexibility index (Phi) is 9.16. The number of ether oxygens (including phenoxy) is 2. The predicted octanol–water partition coefficient (Wildman–Crippen LogP) is 4.50. The lowest BCUT2D eigenvalue weighted by molar-refractivity contribution is -0.141. The molecule has 6 nitrogen and oxygen atoms in total. The molecule has 0 aromatic heterocycles. The molecule has 2 amide bonds. The first-order chi connectivity index (χ1) is 16.0. The second-order valence-corrected chi connectivity index (χ2v) is 8.66. The summed E-state index contributed by atoms with van der Waals surface area (Å²) in [6.07, 6.45) is 6.34. The number of methoxy groups -OCH3 is 2. The fourth-order valence-electron chi connectivity index (χ4n) is 4.41. The van der Waals surface area contributed by atoms with Crippen molar-refractivity contribution in [3.63, 3.8) is 0 Å². The quantitative estimate of drug-likeness (QED) is 0.576. The van der Waals surface area contributed by atoms with Gasteiger partial charge < -0.3 is 19.7 Å². The molecule has 1 aliphatic carbocycles. The van der Waals surface area contributed by atoms with Crippen LogP contribution < -0.4 is 14.8 Å². The number of nitrogens with one attached hydrogen (secondary N) is 1. The highest BCUT2D eigenvalue weighted by molar-refractivity contribution is 5.88. The molecular weight excluding hydrogens is 416 g/mol. The van der Waals surface area contributed by atoms with Crippen LogP contribution in [0.15, 0.2) is 48.5 Å². The van der Waals surface area contributed by atoms with Crippen LogP contribution in [0.3, 0.4) is 0 Å². The lowest BCUT2D eigenvalue weighted by atomic mass is 9.95. The van der Waals surface area contributed by atoms with E-state index in [9.17, 15) is 9.59 Å². The van der Waals surface area contributed by atoms with Crippen molar-refractivity contribution >= 4 is 11.8 Å². The predicted molar refractivity (Wildman–Crippen MR) is 129 cm³/mol. The van der Waals surface area contributed by atoms with E-state index in [1.807, 2.05) is 55.5 Å². The number of carbonyl (C=O) groups excluding carboxylic acids is 2. The maximum absolute atomic E-state index is 13.5. The highest BCUT2D eigenvalue weighted by Gasteiger charge is 2.30. The number of rotatable bonds is 10. The van der Waals surface area contributed by atoms with Gasteiger partial charge in [0.15, 0.2) is 0 Å². The van der Waals surface area contributed by atoms with Crippen LogP contribution in [0.1, 0.15) is 56.6 Å². The third kappa shape index (κ3) is 6.98. The molecule has 0 aliphatic heterocycles. The number of amides is 2. The third-order valence-corrected chi connectivity index (χ3v) is 6.36. The Labute approximate surface area is 197 Å². The summed E-state index contributed by atoms with van der Waals surface area (Å²) in [7, 11) is 3.25. The lowest BCUT2D eigenvalue weighted by Gasteiger charge is -2.33. The summed E-state index contributed by atoms with van der Waals surface area (Å²) in [5.74, 6) is 1.39. The molecule has 0 spiro atoms. The molecule has 2 aromatic carbocycles. The Bertz CT molecular complexity index is 889. The monoisotopic (exact) mass is 452 g/mol. The van der Waals surface area contributed by atoms with E-state index in [0.29, 0.717) is 13.0 Å². The fourth-order valence-corrected chi connectivity index (χ4v) is 4.41. The summed E-state index contributed by atoms with van der Waals surface area (Å²) in [6.45, 7) is 2.34. The van der Waals surface area contributed by atoms with Crippen LogP contribution in [-0.4, -0.2) is 43.0 Å². The molecule has 33 heavy (non-hydrogen) atoms. The summed E-state index contributed by atoms with van der Waals surface area (Å²) in [6, 6.07) is 14.8. The molecule has 0 radical (unpaired) electrons. The van der Waals surface area contributed by atoms with Crippen molar-refractivity contribution in [2.24, 2.45) is 0 Å². The first-order valence-electron chi connectivity index (χ1n) is 11.9. The SMILES string of the molecule is CC[C@H](C(=O)NC1CCCCC1)N(Cc1ccc(OC)cc1)C(=O)Cc1ccc(OC)cc1. The van der Waals surface area contributed by atoms with Gasteiger partial charge in [0.2, 0.25) is 11.8 Å². The molecule has 6 heteroatoms. The molecule has 1 fully saturated rings. The molecule has 0 saturated heterocycles. The van der Waals surface area contributed by atoms with Gasteiger partial charge in [-0.25, -0.2) is 0 Å². The van der Waals surface area contributed by atoms with Gasteiger partial charge in [0.25, 0.3) is 0 Å². The standard InChI is InChI=1S/C27H36N2O4/c1-4-25(27(31)28-22-8-6-5-7-9-22)29(19-21-12-16-24(33-3)17-13-21)26(30)18-20-10-14-23(32-2)15-11-20/h10-17,22,25H,4-9,18-19H2,1-3H3,(H,28,31)/t25-/m1/s1. The molecule has 1 atom stereocenters. The minimum Gasteiger partial charge on any atom is -0.497 e. The number of nitrogens with zero attached hydrogens (tertiary/aromatic N) is 1. The molecule has 0 bridgehead atoms. The molecule has 1 saturated carbocycles. The number of carbonyl (C=O) groups is 2. The van der Waals surface area contributed by atoms with Crippen molar-refractivity contribution in [3.05, 3.63) is 59.7 Å². The van der Waals surface area contributed by atoms with Crippen molar-refractivity contribution in [2.75, 3.05) is 14.2 Å². The Balaban J connectivity index is 1.79. The summed E-state index contributed by atoms with van der Waals surface area (Å²) in [5.41, 5.74) is 1.85. The topological polar surface area (TPSA) is 67.9 Å². The zero-order valence-corrected chi connectivity index (χ0v) is 20.0. The molecule has 1 N–H and O–H groups in total. The van der Waals surface area contributed by atoms with E-state index in [1.54, 1.807) is 19.1 Å². The van der Waals surface area contributed by atoms with Crippen molar-refractivity contribution in [3.8, 4) is 11.5 Å². The minimum absolute atomic E-state index is 0.0546. The zero-order chi connectivity index (χ0) is 23.6. The average molecular weight is 453 g/mol. The Hall–Kier alpha value is -3.02. The highest BCUT2D eigenvalue weighted by Crippen LogP contribution is 2.21. The maximum atomic E-state index is 13.5. The maximum Gasteiger partial charge on any atom is 0.243 e. The van der Waals surface area contributed by atoms with E-state index in [-0.39, 0.29) is 24.3 Å². The molecule has 3 rings (SSSR count). The first-order valence-corrected chi connectivity index (χ1v) is 11.9. The summed E-state index contributed by atoms with van der Waals surface area (Å²) >= 11 is 0. The van der Waals surface area contributed by atoms with Gasteiger partial charge in [0.05, 0.1) is 20.6 Å². The minimum atomic E-state index is -0.514. The number of hydrogen-bond acceptors (Lipinski definition) is 4. The fraction of sp³-hybridized carbons (Fsp3) is 0.481. The second-order valence-electron chi connectivity index (χ2n) is 8.66. The molecular formula is C27H36N2O4. The van der Waals surface area contributed by atoms with E-state index in [0.717, 1.165) is 48.3 Å². The molecule has 1 aliphatic rings. The van der Waals surface area contributed by atoms with Crippen molar-refractivity contribution < 1.29 is 19.1 Å². The van der Waals surface area contributed by atoms with Crippen LogP contribution >= 0.6 is 0 Å². The summed E-state index contributed by atoms with van der Waals surface area (Å²) in [5, 5.41) is 3.22. The highest BCUT2D eigenvalue weighted by atomic mass is 16.5. The van der Waals surface area contributed by atoms with Crippen molar-refractivity contribution in [1.29, 1.82) is 0 Å². The summed E-state index contributed by atoms with van der Waals surface area (Å²) < 4.78 is 10.5. The van der Waals surface area contributed by atoms with E-state index in [4.69, 9.17) is 9.47 Å². The largest absolute Gasteiger partial charge is 0.497 e. The van der Waals surface area contributed by atoms with Gasteiger partial charge >= 0.3 is 0 Å². The van der Waals surface area contributed by atoms with Crippen molar-refractivity contribution in [2.45, 2.75) is 70.5 Å². The number of benzene rings is 2. The Morgan fingerprint density at radius 3 is 1.97 bits per heavy atom. The third-order valence-electron chi connectivity index (χ3n) is 6.36. The average Bonchev–Trinajstić information content (AvgIpc) is 2.85. The normalized spacial score (nSPS) is 14.9. The van der Waals surface area contributed by atoms with Crippen LogP contribution in [0.5, 0.6) is 11.5 Å². The lowest BCUT2D eigenvalue weighted by Crippen LogP contribution is -2.51. The van der Waals surface area contributed by atoms with Gasteiger partial charge in [0, 0.05) is 12.6 Å². The van der Waals surface area contributed by atoms with Crippen LogP contribution in [0.2, 0.25) is 0 Å². The molecule has 0 unspecified atom stereocenters. The van der Waals surface area contributed by atoms with Crippen LogP contribution in [0, 0.1) is 0 Å². The van der Waals surface area contributed by atoms with Gasteiger partial charge in [0.1, 0.15) is 17.5 Å². The summed E-state index contributed by atoms with van der Waals surface area (Å²) in [4.78, 5) is 28.5. The number of hydrogen-bond donors (Lipinski definition) is 1. The van der Waals surface area contributed by atoms with Gasteiger partial charge in [-0.1, -0.05) is 50.5 Å². The van der Waals surface area contributed by atoms with Gasteiger partial charge in [-0.15, -0.1) is 0 Å². The Morgan fingerprint density at radius 1 is 0.909 bits per heavy atom. The Morgan fingerprint density at radius 2 is 1.45 bits per heavy atom. The van der Waals surface area contributed by atoms with Crippen LogP contribution in [-0.2, 0) is 22.6 Å².